The standard InChI is InChI=1S/C27H41NO10/c1-15(2)12-20(29)34-14-16(3)21(22(28)23(30)31)17-10-11-18(35-24(32)37-26(4,5)6)19(13-17)36-25(33)38-27(7,8)9/h10-11,13,15-16,21-22H,12,14,28H2,1-9H3,(H,30,31)/t16?,21?,22-/m0/s1. The first-order valence-corrected chi connectivity index (χ1v) is 12.4. The number of esters is 1. The summed E-state index contributed by atoms with van der Waals surface area (Å²) < 4.78 is 26.3. The van der Waals surface area contributed by atoms with Crippen molar-refractivity contribution in [1.29, 1.82) is 0 Å². The van der Waals surface area contributed by atoms with E-state index in [0.717, 1.165) is 0 Å². The quantitative estimate of drug-likeness (QED) is 0.233. The fourth-order valence-electron chi connectivity index (χ4n) is 3.38. The number of aliphatic carboxylic acids is 1. The Morgan fingerprint density at radius 3 is 1.82 bits per heavy atom. The summed E-state index contributed by atoms with van der Waals surface area (Å²) in [5, 5.41) is 9.66. The van der Waals surface area contributed by atoms with Crippen molar-refractivity contribution in [1.82, 2.24) is 0 Å². The van der Waals surface area contributed by atoms with Gasteiger partial charge < -0.3 is 34.5 Å². The second-order valence-corrected chi connectivity index (χ2v) is 11.5. The van der Waals surface area contributed by atoms with Gasteiger partial charge in [0.05, 0.1) is 6.61 Å². The van der Waals surface area contributed by atoms with Crippen LogP contribution in [0, 0.1) is 11.8 Å². The molecule has 0 aliphatic heterocycles. The first-order chi connectivity index (χ1) is 17.3. The van der Waals surface area contributed by atoms with Crippen LogP contribution in [0.5, 0.6) is 11.5 Å². The molecule has 11 nitrogen and oxygen atoms in total. The summed E-state index contributed by atoms with van der Waals surface area (Å²) >= 11 is 0. The summed E-state index contributed by atoms with van der Waals surface area (Å²) in [6.45, 7) is 15.3. The zero-order chi connectivity index (χ0) is 29.4. The number of hydrogen-bond acceptors (Lipinski definition) is 10. The van der Waals surface area contributed by atoms with Crippen molar-refractivity contribution >= 4 is 24.2 Å². The van der Waals surface area contributed by atoms with E-state index in [9.17, 15) is 24.3 Å². The first kappa shape index (κ1) is 32.7. The zero-order valence-electron chi connectivity index (χ0n) is 23.7. The third-order valence-electron chi connectivity index (χ3n) is 4.89. The molecular formula is C27H41NO10. The predicted octanol–water partition coefficient (Wildman–Crippen LogP) is 5.04. The van der Waals surface area contributed by atoms with E-state index in [4.69, 9.17) is 29.4 Å². The van der Waals surface area contributed by atoms with E-state index >= 15 is 0 Å². The zero-order valence-corrected chi connectivity index (χ0v) is 23.7. The van der Waals surface area contributed by atoms with E-state index in [1.165, 1.54) is 18.2 Å². The average molecular weight is 540 g/mol. The number of carbonyl (C=O) groups excluding carboxylic acids is 3. The molecule has 0 amide bonds. The molecule has 11 heteroatoms. The fraction of sp³-hybridized carbons (Fsp3) is 0.630. The van der Waals surface area contributed by atoms with Crippen LogP contribution in [0.1, 0.15) is 80.2 Å². The molecule has 1 aromatic rings. The van der Waals surface area contributed by atoms with E-state index in [-0.39, 0.29) is 30.4 Å². The first-order valence-electron chi connectivity index (χ1n) is 12.4. The number of benzene rings is 1. The lowest BCUT2D eigenvalue weighted by atomic mass is 9.82. The monoisotopic (exact) mass is 539 g/mol. The van der Waals surface area contributed by atoms with Gasteiger partial charge in [0.25, 0.3) is 0 Å². The van der Waals surface area contributed by atoms with Gasteiger partial charge in [-0.05, 0) is 71.1 Å². The van der Waals surface area contributed by atoms with E-state index in [1.807, 2.05) is 13.8 Å². The number of carboxylic acids is 1. The van der Waals surface area contributed by atoms with E-state index in [1.54, 1.807) is 48.5 Å². The Morgan fingerprint density at radius 1 is 0.868 bits per heavy atom. The maximum absolute atomic E-state index is 12.4. The molecule has 38 heavy (non-hydrogen) atoms. The molecule has 0 aromatic heterocycles. The summed E-state index contributed by atoms with van der Waals surface area (Å²) in [6.07, 6.45) is -1.89. The molecule has 3 N–H and O–H groups in total. The highest BCUT2D eigenvalue weighted by Crippen LogP contribution is 2.36. The molecule has 0 bridgehead atoms. The van der Waals surface area contributed by atoms with E-state index < -0.39 is 53.3 Å². The summed E-state index contributed by atoms with van der Waals surface area (Å²) in [4.78, 5) is 48.6. The summed E-state index contributed by atoms with van der Waals surface area (Å²) in [7, 11) is 0. The van der Waals surface area contributed by atoms with Crippen LogP contribution in [0.2, 0.25) is 0 Å². The van der Waals surface area contributed by atoms with Gasteiger partial charge in [0.1, 0.15) is 17.2 Å². The Bertz CT molecular complexity index is 991. The van der Waals surface area contributed by atoms with Crippen LogP contribution in [0.3, 0.4) is 0 Å². The van der Waals surface area contributed by atoms with Gasteiger partial charge in [-0.25, -0.2) is 9.59 Å². The fourth-order valence-corrected chi connectivity index (χ4v) is 3.38. The molecule has 0 heterocycles. The Hall–Kier alpha value is -3.34. The lowest BCUT2D eigenvalue weighted by Crippen LogP contribution is -2.40. The molecule has 1 rings (SSSR count). The maximum Gasteiger partial charge on any atom is 0.514 e. The van der Waals surface area contributed by atoms with Gasteiger partial charge in [-0.15, -0.1) is 0 Å². The number of ether oxygens (including phenoxy) is 5. The van der Waals surface area contributed by atoms with Gasteiger partial charge in [0, 0.05) is 12.3 Å². The van der Waals surface area contributed by atoms with Crippen molar-refractivity contribution in [3.05, 3.63) is 23.8 Å². The van der Waals surface area contributed by atoms with Crippen LogP contribution < -0.4 is 15.2 Å². The highest BCUT2D eigenvalue weighted by Gasteiger charge is 2.33. The minimum absolute atomic E-state index is 0.0877. The van der Waals surface area contributed by atoms with Gasteiger partial charge in [-0.3, -0.25) is 9.59 Å². The second-order valence-electron chi connectivity index (χ2n) is 11.5. The second kappa shape index (κ2) is 13.5. The van der Waals surface area contributed by atoms with Gasteiger partial charge in [-0.1, -0.05) is 26.8 Å². The number of nitrogens with two attached hydrogens (primary N) is 1. The highest BCUT2D eigenvalue weighted by molar-refractivity contribution is 5.75. The summed E-state index contributed by atoms with van der Waals surface area (Å²) in [5.41, 5.74) is 4.66. The normalized spacial score (nSPS) is 14.2. The van der Waals surface area contributed by atoms with Gasteiger partial charge in [0.15, 0.2) is 11.5 Å². The lowest BCUT2D eigenvalue weighted by Gasteiger charge is -2.28. The minimum Gasteiger partial charge on any atom is -0.480 e. The molecule has 0 radical (unpaired) electrons. The van der Waals surface area contributed by atoms with Crippen LogP contribution in [0.4, 0.5) is 9.59 Å². The largest absolute Gasteiger partial charge is 0.514 e. The Kier molecular flexibility index (Phi) is 11.6. The van der Waals surface area contributed by atoms with Crippen molar-refractivity contribution in [3.8, 4) is 11.5 Å². The maximum atomic E-state index is 12.4. The highest BCUT2D eigenvalue weighted by atomic mass is 16.8. The van der Waals surface area contributed by atoms with Crippen LogP contribution in [-0.4, -0.2) is 53.2 Å². The number of carbonyl (C=O) groups is 4. The van der Waals surface area contributed by atoms with E-state index in [2.05, 4.69) is 0 Å². The molecule has 214 valence electrons. The Labute approximate surface area is 223 Å². The molecule has 3 atom stereocenters. The minimum atomic E-state index is -1.39. The van der Waals surface area contributed by atoms with Crippen molar-refractivity contribution in [2.45, 2.75) is 91.9 Å². The van der Waals surface area contributed by atoms with Crippen LogP contribution in [-0.2, 0) is 23.8 Å². The Morgan fingerprint density at radius 2 is 1.37 bits per heavy atom. The summed E-state index contributed by atoms with van der Waals surface area (Å²) in [5.74, 6) is -3.37. The molecule has 0 saturated carbocycles. The average Bonchev–Trinajstić information content (AvgIpc) is 2.70. The molecule has 0 spiro atoms. The topological polar surface area (TPSA) is 161 Å². The van der Waals surface area contributed by atoms with Crippen LogP contribution >= 0.6 is 0 Å². The summed E-state index contributed by atoms with van der Waals surface area (Å²) in [6, 6.07) is 2.77. The van der Waals surface area contributed by atoms with Gasteiger partial charge in [-0.2, -0.15) is 0 Å². The molecule has 0 aliphatic rings. The molecule has 0 saturated heterocycles. The van der Waals surface area contributed by atoms with Gasteiger partial charge >= 0.3 is 24.2 Å². The smallest absolute Gasteiger partial charge is 0.480 e. The molecular weight excluding hydrogens is 498 g/mol. The third-order valence-corrected chi connectivity index (χ3v) is 4.89. The Balaban J connectivity index is 3.40. The molecule has 1 aromatic carbocycles. The molecule has 0 fully saturated rings. The van der Waals surface area contributed by atoms with Crippen LogP contribution in [0.15, 0.2) is 18.2 Å². The predicted molar refractivity (Wildman–Crippen MR) is 138 cm³/mol. The van der Waals surface area contributed by atoms with Gasteiger partial charge in [0.2, 0.25) is 0 Å². The van der Waals surface area contributed by atoms with Crippen molar-refractivity contribution in [2.24, 2.45) is 17.6 Å². The van der Waals surface area contributed by atoms with E-state index in [0.29, 0.717) is 5.56 Å². The van der Waals surface area contributed by atoms with Crippen LogP contribution in [0.25, 0.3) is 0 Å². The van der Waals surface area contributed by atoms with Crippen molar-refractivity contribution < 1.29 is 48.0 Å². The van der Waals surface area contributed by atoms with Crippen molar-refractivity contribution in [2.75, 3.05) is 6.61 Å². The number of carboxylic acid groups (broad SMARTS) is 1. The lowest BCUT2D eigenvalue weighted by molar-refractivity contribution is -0.146. The SMILES string of the molecule is CC(C)CC(=O)OCC(C)C(c1ccc(OC(=O)OC(C)(C)C)c(OC(=O)OC(C)(C)C)c1)[C@H](N)C(=O)O. The molecule has 0 aliphatic carbocycles. The number of rotatable bonds is 10. The number of hydrogen-bond donors (Lipinski definition) is 2. The molecule has 2 unspecified atom stereocenters. The van der Waals surface area contributed by atoms with Crippen molar-refractivity contribution in [3.63, 3.8) is 0 Å². The third kappa shape index (κ3) is 11.8.